The number of hydrogen-bond donors (Lipinski definition) is 1. The lowest BCUT2D eigenvalue weighted by Gasteiger charge is -2.30. The van der Waals surface area contributed by atoms with Crippen LogP contribution in [0.4, 0.5) is 8.78 Å². The van der Waals surface area contributed by atoms with Gasteiger partial charge in [0.05, 0.1) is 12.1 Å². The van der Waals surface area contributed by atoms with Crippen molar-refractivity contribution in [3.05, 3.63) is 0 Å². The van der Waals surface area contributed by atoms with Gasteiger partial charge in [0, 0.05) is 13.1 Å². The molecule has 1 rings (SSSR count). The van der Waals surface area contributed by atoms with E-state index in [1.54, 1.807) is 11.8 Å². The summed E-state index contributed by atoms with van der Waals surface area (Å²) in [6, 6.07) is -1.47. The van der Waals surface area contributed by atoms with Crippen LogP contribution in [0.3, 0.4) is 0 Å². The molecule has 0 radical (unpaired) electrons. The van der Waals surface area contributed by atoms with Crippen molar-refractivity contribution in [1.29, 1.82) is 0 Å². The van der Waals surface area contributed by atoms with Gasteiger partial charge in [-0.1, -0.05) is 0 Å². The second-order valence-corrected chi connectivity index (χ2v) is 4.40. The largest absolute Gasteiger partial charge is 0.341 e. The molecular formula is C11H20F2N2O. The Balaban J connectivity index is 2.40. The molecule has 3 nitrogen and oxygen atoms in total. The maximum absolute atomic E-state index is 12.3. The van der Waals surface area contributed by atoms with Crippen LogP contribution in [0.1, 0.15) is 33.1 Å². The Bertz CT molecular complexity index is 230. The minimum atomic E-state index is -2.43. The lowest BCUT2D eigenvalue weighted by atomic mass is 10.1. The number of nitrogens with zero attached hydrogens (tertiary/aromatic N) is 1. The minimum absolute atomic E-state index is 0.0628. The van der Waals surface area contributed by atoms with Crippen LogP contribution < -0.4 is 5.32 Å². The van der Waals surface area contributed by atoms with Gasteiger partial charge in [-0.25, -0.2) is 8.78 Å². The molecule has 0 bridgehead atoms. The smallest absolute Gasteiger partial charge is 0.253 e. The molecule has 0 saturated carbocycles. The monoisotopic (exact) mass is 234 g/mol. The standard InChI is InChI=1S/C11H20F2N2O/c1-8(10(12)13)14-9(2)11(16)15-6-4-3-5-7-15/h8-10,14H,3-7H2,1-2H3. The molecule has 2 atom stereocenters. The molecule has 1 N–H and O–H groups in total. The van der Waals surface area contributed by atoms with Crippen molar-refractivity contribution in [3.63, 3.8) is 0 Å². The van der Waals surface area contributed by atoms with Gasteiger partial charge in [-0.3, -0.25) is 10.1 Å². The summed E-state index contributed by atoms with van der Waals surface area (Å²) in [4.78, 5) is 13.6. The maximum Gasteiger partial charge on any atom is 0.253 e. The van der Waals surface area contributed by atoms with E-state index >= 15 is 0 Å². The fraction of sp³-hybridized carbons (Fsp3) is 0.909. The second kappa shape index (κ2) is 6.13. The molecule has 16 heavy (non-hydrogen) atoms. The molecule has 94 valence electrons. The quantitative estimate of drug-likeness (QED) is 0.802. The van der Waals surface area contributed by atoms with Gasteiger partial charge in [-0.05, 0) is 33.1 Å². The Hall–Kier alpha value is -0.710. The number of halogens is 2. The number of rotatable bonds is 4. The number of alkyl halides is 2. The summed E-state index contributed by atoms with van der Waals surface area (Å²) >= 11 is 0. The van der Waals surface area contributed by atoms with Crippen molar-refractivity contribution in [2.75, 3.05) is 13.1 Å². The number of piperidine rings is 1. The van der Waals surface area contributed by atoms with Crippen molar-refractivity contribution >= 4 is 5.91 Å². The third-order valence-corrected chi connectivity index (χ3v) is 2.93. The van der Waals surface area contributed by atoms with Crippen LogP contribution in [-0.4, -0.2) is 42.4 Å². The number of nitrogens with one attached hydrogen (secondary N) is 1. The number of amides is 1. The Morgan fingerprint density at radius 3 is 2.25 bits per heavy atom. The number of likely N-dealkylation sites (tertiary alicyclic amines) is 1. The highest BCUT2D eigenvalue weighted by Gasteiger charge is 2.25. The van der Waals surface area contributed by atoms with Gasteiger partial charge in [0.25, 0.3) is 6.43 Å². The summed E-state index contributed by atoms with van der Waals surface area (Å²) in [5, 5.41) is 2.64. The van der Waals surface area contributed by atoms with E-state index in [-0.39, 0.29) is 5.91 Å². The molecule has 1 amide bonds. The molecule has 1 heterocycles. The van der Waals surface area contributed by atoms with Gasteiger partial charge >= 0.3 is 0 Å². The van der Waals surface area contributed by atoms with Crippen LogP contribution in [0.25, 0.3) is 0 Å². The number of hydrogen-bond acceptors (Lipinski definition) is 2. The normalized spacial score (nSPS) is 20.9. The Kier molecular flexibility index (Phi) is 5.12. The van der Waals surface area contributed by atoms with Crippen LogP contribution in [-0.2, 0) is 4.79 Å². The molecule has 1 aliphatic heterocycles. The zero-order chi connectivity index (χ0) is 12.1. The first-order valence-corrected chi connectivity index (χ1v) is 5.85. The van der Waals surface area contributed by atoms with Crippen molar-refractivity contribution in [2.45, 2.75) is 51.6 Å². The first-order valence-electron chi connectivity index (χ1n) is 5.85. The van der Waals surface area contributed by atoms with Crippen LogP contribution >= 0.6 is 0 Å². The first-order chi connectivity index (χ1) is 7.52. The third kappa shape index (κ3) is 3.70. The molecule has 0 aromatic heterocycles. The fourth-order valence-corrected chi connectivity index (χ4v) is 1.93. The summed E-state index contributed by atoms with van der Waals surface area (Å²) in [6.45, 7) is 4.56. The molecule has 5 heteroatoms. The maximum atomic E-state index is 12.3. The van der Waals surface area contributed by atoms with E-state index in [2.05, 4.69) is 5.32 Å². The van der Waals surface area contributed by atoms with E-state index in [1.807, 2.05) is 0 Å². The first kappa shape index (κ1) is 13.4. The fourth-order valence-electron chi connectivity index (χ4n) is 1.93. The van der Waals surface area contributed by atoms with Crippen LogP contribution in [0.15, 0.2) is 0 Å². The average Bonchev–Trinajstić information content (AvgIpc) is 2.28. The molecule has 0 aliphatic carbocycles. The number of carbonyl (C=O) groups is 1. The summed E-state index contributed by atoms with van der Waals surface area (Å²) in [7, 11) is 0. The molecule has 0 spiro atoms. The average molecular weight is 234 g/mol. The lowest BCUT2D eigenvalue weighted by Crippen LogP contribution is -2.50. The van der Waals surface area contributed by atoms with Crippen LogP contribution in [0, 0.1) is 0 Å². The summed E-state index contributed by atoms with van der Waals surface area (Å²) in [6.07, 6.45) is 0.752. The predicted molar refractivity (Wildman–Crippen MR) is 58.5 cm³/mol. The van der Waals surface area contributed by atoms with E-state index < -0.39 is 18.5 Å². The highest BCUT2D eigenvalue weighted by molar-refractivity contribution is 5.81. The van der Waals surface area contributed by atoms with Gasteiger partial charge in [-0.2, -0.15) is 0 Å². The highest BCUT2D eigenvalue weighted by Crippen LogP contribution is 2.10. The van der Waals surface area contributed by atoms with E-state index in [0.29, 0.717) is 0 Å². The van der Waals surface area contributed by atoms with Gasteiger partial charge in [0.1, 0.15) is 0 Å². The molecule has 1 fully saturated rings. The van der Waals surface area contributed by atoms with E-state index in [1.165, 1.54) is 6.92 Å². The Morgan fingerprint density at radius 1 is 1.19 bits per heavy atom. The molecule has 1 aliphatic rings. The Morgan fingerprint density at radius 2 is 1.75 bits per heavy atom. The predicted octanol–water partition coefficient (Wildman–Crippen LogP) is 1.63. The molecule has 2 unspecified atom stereocenters. The topological polar surface area (TPSA) is 32.3 Å². The van der Waals surface area contributed by atoms with Crippen molar-refractivity contribution in [2.24, 2.45) is 0 Å². The van der Waals surface area contributed by atoms with Gasteiger partial charge in [0.2, 0.25) is 5.91 Å². The summed E-state index contributed by atoms with van der Waals surface area (Å²) in [5.41, 5.74) is 0. The van der Waals surface area contributed by atoms with Crippen molar-refractivity contribution in [3.8, 4) is 0 Å². The zero-order valence-electron chi connectivity index (χ0n) is 9.88. The van der Waals surface area contributed by atoms with E-state index in [0.717, 1.165) is 32.4 Å². The zero-order valence-corrected chi connectivity index (χ0v) is 9.88. The van der Waals surface area contributed by atoms with Crippen LogP contribution in [0.5, 0.6) is 0 Å². The lowest BCUT2D eigenvalue weighted by molar-refractivity contribution is -0.134. The van der Waals surface area contributed by atoms with Crippen molar-refractivity contribution in [1.82, 2.24) is 10.2 Å². The third-order valence-electron chi connectivity index (χ3n) is 2.93. The van der Waals surface area contributed by atoms with Gasteiger partial charge < -0.3 is 4.90 Å². The highest BCUT2D eigenvalue weighted by atomic mass is 19.3. The van der Waals surface area contributed by atoms with E-state index in [4.69, 9.17) is 0 Å². The van der Waals surface area contributed by atoms with Gasteiger partial charge in [0.15, 0.2) is 0 Å². The minimum Gasteiger partial charge on any atom is -0.341 e. The SMILES string of the molecule is CC(NC(C)C(F)F)C(=O)N1CCCCC1. The summed E-state index contributed by atoms with van der Waals surface area (Å²) in [5.74, 6) is -0.0628. The molecule has 1 saturated heterocycles. The number of carbonyl (C=O) groups excluding carboxylic acids is 1. The molecule has 0 aromatic carbocycles. The molecular weight excluding hydrogens is 214 g/mol. The molecule has 0 aromatic rings. The van der Waals surface area contributed by atoms with E-state index in [9.17, 15) is 13.6 Å². The van der Waals surface area contributed by atoms with Gasteiger partial charge in [-0.15, -0.1) is 0 Å². The van der Waals surface area contributed by atoms with Crippen LogP contribution in [0.2, 0.25) is 0 Å². The van der Waals surface area contributed by atoms with Crippen molar-refractivity contribution < 1.29 is 13.6 Å². The Labute approximate surface area is 95.2 Å². The summed E-state index contributed by atoms with van der Waals surface area (Å²) < 4.78 is 24.6. The second-order valence-electron chi connectivity index (χ2n) is 4.40.